The van der Waals surface area contributed by atoms with E-state index in [1.807, 2.05) is 6.07 Å². The third-order valence-corrected chi connectivity index (χ3v) is 5.22. The molecule has 0 aromatic heterocycles. The van der Waals surface area contributed by atoms with Gasteiger partial charge in [-0.05, 0) is 24.6 Å². The van der Waals surface area contributed by atoms with Crippen LogP contribution in [0.4, 0.5) is 0 Å². The molecular formula is C12H16N2O3S2. The zero-order valence-electron chi connectivity index (χ0n) is 10.8. The topological polar surface area (TPSA) is 87.0 Å². The van der Waals surface area contributed by atoms with Crippen LogP contribution in [0, 0.1) is 11.3 Å². The quantitative estimate of drug-likeness (QED) is 0.839. The second-order valence-corrected chi connectivity index (χ2v) is 7.83. The van der Waals surface area contributed by atoms with Crippen LogP contribution in [-0.4, -0.2) is 30.7 Å². The highest BCUT2D eigenvalue weighted by Gasteiger charge is 2.14. The van der Waals surface area contributed by atoms with Crippen LogP contribution < -0.4 is 4.72 Å². The lowest BCUT2D eigenvalue weighted by Crippen LogP contribution is -2.33. The van der Waals surface area contributed by atoms with Gasteiger partial charge in [-0.25, -0.2) is 13.1 Å². The minimum atomic E-state index is -3.45. The van der Waals surface area contributed by atoms with Gasteiger partial charge in [-0.1, -0.05) is 12.1 Å². The van der Waals surface area contributed by atoms with E-state index in [9.17, 15) is 12.6 Å². The Morgan fingerprint density at radius 3 is 2.42 bits per heavy atom. The average molecular weight is 300 g/mol. The summed E-state index contributed by atoms with van der Waals surface area (Å²) in [4.78, 5) is 0. The molecule has 0 radical (unpaired) electrons. The van der Waals surface area contributed by atoms with E-state index in [0.717, 1.165) is 0 Å². The first-order valence-corrected chi connectivity index (χ1v) is 8.90. The molecule has 19 heavy (non-hydrogen) atoms. The number of rotatable bonds is 6. The van der Waals surface area contributed by atoms with E-state index >= 15 is 0 Å². The monoisotopic (exact) mass is 300 g/mol. The molecule has 0 aliphatic heterocycles. The van der Waals surface area contributed by atoms with E-state index in [2.05, 4.69) is 4.72 Å². The van der Waals surface area contributed by atoms with Gasteiger partial charge in [0.05, 0.1) is 17.4 Å². The van der Waals surface area contributed by atoms with Gasteiger partial charge in [0.15, 0.2) is 0 Å². The Morgan fingerprint density at radius 2 is 1.95 bits per heavy atom. The Balaban J connectivity index is 2.64. The van der Waals surface area contributed by atoms with Gasteiger partial charge in [-0.3, -0.25) is 4.21 Å². The number of nitriles is 1. The predicted molar refractivity (Wildman–Crippen MR) is 75.3 cm³/mol. The zero-order chi connectivity index (χ0) is 14.5. The zero-order valence-corrected chi connectivity index (χ0v) is 12.4. The minimum absolute atomic E-state index is 0.151. The van der Waals surface area contributed by atoms with Crippen molar-refractivity contribution >= 4 is 20.8 Å². The fraction of sp³-hybridized carbons (Fsp3) is 0.417. The van der Waals surface area contributed by atoms with Gasteiger partial charge in [0, 0.05) is 28.9 Å². The maximum atomic E-state index is 11.8. The van der Waals surface area contributed by atoms with E-state index in [1.165, 1.54) is 0 Å². The highest BCUT2D eigenvalue weighted by Crippen LogP contribution is 2.07. The first-order valence-electron chi connectivity index (χ1n) is 5.62. The second kappa shape index (κ2) is 6.80. The first kappa shape index (κ1) is 15.8. The molecule has 2 unspecified atom stereocenters. The van der Waals surface area contributed by atoms with Gasteiger partial charge in [-0.2, -0.15) is 5.26 Å². The molecule has 2 atom stereocenters. The van der Waals surface area contributed by atoms with Crippen LogP contribution in [0.1, 0.15) is 18.1 Å². The molecule has 5 nitrogen and oxygen atoms in total. The number of sulfonamides is 1. The van der Waals surface area contributed by atoms with Crippen molar-refractivity contribution in [1.82, 2.24) is 4.72 Å². The van der Waals surface area contributed by atoms with Crippen LogP contribution in [0.5, 0.6) is 0 Å². The summed E-state index contributed by atoms with van der Waals surface area (Å²) < 4.78 is 37.2. The molecule has 1 N–H and O–H groups in total. The fourth-order valence-electron chi connectivity index (χ4n) is 1.31. The lowest BCUT2D eigenvalue weighted by atomic mass is 10.2. The molecule has 1 aromatic carbocycles. The summed E-state index contributed by atoms with van der Waals surface area (Å²) in [6.45, 7) is 1.88. The Kier molecular flexibility index (Phi) is 5.66. The molecule has 7 heteroatoms. The Bertz CT molecular complexity index is 588. The molecule has 0 saturated carbocycles. The molecule has 0 saturated heterocycles. The highest BCUT2D eigenvalue weighted by molar-refractivity contribution is 7.88. The van der Waals surface area contributed by atoms with Gasteiger partial charge < -0.3 is 0 Å². The van der Waals surface area contributed by atoms with Crippen LogP contribution in [0.2, 0.25) is 0 Å². The summed E-state index contributed by atoms with van der Waals surface area (Å²) in [5.74, 6) is -0.151. The van der Waals surface area contributed by atoms with Gasteiger partial charge in [0.25, 0.3) is 0 Å². The van der Waals surface area contributed by atoms with Crippen molar-refractivity contribution in [2.75, 3.05) is 12.8 Å². The van der Waals surface area contributed by atoms with Gasteiger partial charge >= 0.3 is 0 Å². The van der Waals surface area contributed by atoms with E-state index in [-0.39, 0.29) is 17.5 Å². The van der Waals surface area contributed by atoms with Crippen LogP contribution in [0.3, 0.4) is 0 Å². The third kappa shape index (κ3) is 5.51. The summed E-state index contributed by atoms with van der Waals surface area (Å²) in [7, 11) is -4.51. The summed E-state index contributed by atoms with van der Waals surface area (Å²) in [6.07, 6.45) is 1.54. The molecule has 104 valence electrons. The number of nitrogens with zero attached hydrogens (tertiary/aromatic N) is 1. The molecule has 0 aliphatic carbocycles. The van der Waals surface area contributed by atoms with Crippen molar-refractivity contribution in [2.45, 2.75) is 17.9 Å². The predicted octanol–water partition coefficient (Wildman–Crippen LogP) is 0.745. The maximum Gasteiger partial charge on any atom is 0.215 e. The van der Waals surface area contributed by atoms with Crippen molar-refractivity contribution in [1.29, 1.82) is 5.26 Å². The molecule has 0 heterocycles. The number of hydrogen-bond acceptors (Lipinski definition) is 4. The molecule has 0 spiro atoms. The van der Waals surface area contributed by atoms with Crippen LogP contribution in [0.25, 0.3) is 0 Å². The molecule has 1 aromatic rings. The molecule has 0 amide bonds. The normalized spacial score (nSPS) is 14.6. The van der Waals surface area contributed by atoms with Crippen molar-refractivity contribution in [3.8, 4) is 6.07 Å². The fourth-order valence-corrected chi connectivity index (χ4v) is 2.97. The Hall–Kier alpha value is -1.23. The number of hydrogen-bond donors (Lipinski definition) is 1. The molecule has 0 fully saturated rings. The lowest BCUT2D eigenvalue weighted by molar-refractivity contribution is 0.580. The van der Waals surface area contributed by atoms with Crippen LogP contribution in [-0.2, 0) is 26.6 Å². The van der Waals surface area contributed by atoms with Gasteiger partial charge in [0.1, 0.15) is 0 Å². The van der Waals surface area contributed by atoms with Crippen LogP contribution in [0.15, 0.2) is 24.3 Å². The smallest absolute Gasteiger partial charge is 0.215 e. The largest absolute Gasteiger partial charge is 0.260 e. The van der Waals surface area contributed by atoms with E-state index in [4.69, 9.17) is 5.26 Å². The van der Waals surface area contributed by atoms with Gasteiger partial charge in [0.2, 0.25) is 10.0 Å². The summed E-state index contributed by atoms with van der Waals surface area (Å²) in [5.41, 5.74) is 1.10. The average Bonchev–Trinajstić information content (AvgIpc) is 2.36. The summed E-state index contributed by atoms with van der Waals surface area (Å²) in [6, 6.07) is 8.35. The number of benzene rings is 1. The molecule has 1 rings (SSSR count). The van der Waals surface area contributed by atoms with Crippen molar-refractivity contribution < 1.29 is 12.6 Å². The SMILES string of the molecule is CC(CNS(=O)(=O)Cc1ccc(C#N)cc1)S(C)=O. The maximum absolute atomic E-state index is 11.8. The summed E-state index contributed by atoms with van der Waals surface area (Å²) in [5, 5.41) is 8.42. The van der Waals surface area contributed by atoms with Crippen molar-refractivity contribution in [3.05, 3.63) is 35.4 Å². The lowest BCUT2D eigenvalue weighted by Gasteiger charge is -2.10. The summed E-state index contributed by atoms with van der Waals surface area (Å²) >= 11 is 0. The second-order valence-electron chi connectivity index (χ2n) is 4.23. The van der Waals surface area contributed by atoms with Crippen LogP contribution >= 0.6 is 0 Å². The van der Waals surface area contributed by atoms with E-state index in [1.54, 1.807) is 37.4 Å². The van der Waals surface area contributed by atoms with Gasteiger partial charge in [-0.15, -0.1) is 0 Å². The minimum Gasteiger partial charge on any atom is -0.260 e. The first-order chi connectivity index (χ1) is 8.84. The number of nitrogens with one attached hydrogen (secondary N) is 1. The standard InChI is InChI=1S/C12H16N2O3S2/c1-10(18(2)15)8-14-19(16,17)9-12-5-3-11(7-13)4-6-12/h3-6,10,14H,8-9H2,1-2H3. The van der Waals surface area contributed by atoms with E-state index < -0.39 is 20.8 Å². The Labute approximate surface area is 116 Å². The van der Waals surface area contributed by atoms with E-state index in [0.29, 0.717) is 11.1 Å². The van der Waals surface area contributed by atoms with Crippen molar-refractivity contribution in [2.24, 2.45) is 0 Å². The molecule has 0 aliphatic rings. The highest BCUT2D eigenvalue weighted by atomic mass is 32.2. The Morgan fingerprint density at radius 1 is 1.37 bits per heavy atom. The molecular weight excluding hydrogens is 284 g/mol. The third-order valence-electron chi connectivity index (χ3n) is 2.60. The van der Waals surface area contributed by atoms with Crippen molar-refractivity contribution in [3.63, 3.8) is 0 Å². The molecule has 0 bridgehead atoms.